The summed E-state index contributed by atoms with van der Waals surface area (Å²) in [4.78, 5) is 3.78. The lowest BCUT2D eigenvalue weighted by Crippen LogP contribution is -1.63. The predicted octanol–water partition coefficient (Wildman–Crippen LogP) is 4.66. The Labute approximate surface area is 115 Å². The average molecular weight is 253 g/mol. The first-order valence-electron chi connectivity index (χ1n) is 5.79. The quantitative estimate of drug-likeness (QED) is 0.624. The molecule has 0 fully saturated rings. The molecule has 0 aliphatic carbocycles. The molecule has 1 aromatic heterocycles. The normalized spacial score (nSPS) is 8.42. The predicted molar refractivity (Wildman–Crippen MR) is 82.7 cm³/mol. The Kier molecular flexibility index (Phi) is 11.6. The van der Waals surface area contributed by atoms with Crippen molar-refractivity contribution in [3.63, 3.8) is 0 Å². The van der Waals surface area contributed by atoms with Crippen LogP contribution in [0.3, 0.4) is 0 Å². The molecule has 2 rings (SSSR count). The van der Waals surface area contributed by atoms with Crippen molar-refractivity contribution in [2.24, 2.45) is 0 Å². The first-order valence-corrected chi connectivity index (χ1v) is 5.79. The van der Waals surface area contributed by atoms with Crippen molar-refractivity contribution in [2.45, 2.75) is 0 Å². The van der Waals surface area contributed by atoms with Crippen LogP contribution < -0.4 is 0 Å². The van der Waals surface area contributed by atoms with E-state index in [4.69, 9.17) is 5.11 Å². The molecule has 0 saturated heterocycles. The summed E-state index contributed by atoms with van der Waals surface area (Å²) in [6.07, 6.45) is 9.22. The topological polar surface area (TPSA) is 33.1 Å². The van der Waals surface area contributed by atoms with Crippen LogP contribution in [0.15, 0.2) is 92.5 Å². The lowest BCUT2D eigenvalue weighted by Gasteiger charge is -1.85. The molecule has 1 N–H and O–H groups in total. The van der Waals surface area contributed by atoms with Crippen LogP contribution in [0.4, 0.5) is 0 Å². The van der Waals surface area contributed by atoms with E-state index in [1.807, 2.05) is 54.6 Å². The minimum atomic E-state index is 0.938. The lowest BCUT2D eigenvalue weighted by molar-refractivity contribution is 0.474. The molecule has 0 saturated carbocycles. The van der Waals surface area contributed by atoms with E-state index in [9.17, 15) is 0 Å². The third kappa shape index (κ3) is 11.6. The summed E-state index contributed by atoms with van der Waals surface area (Å²) in [5.74, 6) is 0. The molecule has 0 amide bonds. The Bertz CT molecular complexity index is 422. The Morgan fingerprint density at radius 1 is 0.895 bits per heavy atom. The van der Waals surface area contributed by atoms with Crippen molar-refractivity contribution in [2.75, 3.05) is 0 Å². The van der Waals surface area contributed by atoms with Gasteiger partial charge < -0.3 is 5.11 Å². The lowest BCUT2D eigenvalue weighted by atomic mass is 10.2. The fourth-order valence-corrected chi connectivity index (χ4v) is 0.963. The highest BCUT2D eigenvalue weighted by Gasteiger charge is 1.75. The Morgan fingerprint density at radius 2 is 1.47 bits per heavy atom. The van der Waals surface area contributed by atoms with Crippen LogP contribution in [0.5, 0.6) is 0 Å². The van der Waals surface area contributed by atoms with Gasteiger partial charge in [0.1, 0.15) is 0 Å². The number of benzene rings is 1. The second-order valence-corrected chi connectivity index (χ2v) is 3.22. The molecule has 1 aromatic carbocycles. The minimum absolute atomic E-state index is 0.938. The number of aliphatic hydroxyl groups is 1. The molecule has 0 radical (unpaired) electrons. The zero-order valence-corrected chi connectivity index (χ0v) is 10.9. The van der Waals surface area contributed by atoms with E-state index in [1.54, 1.807) is 12.4 Å². The van der Waals surface area contributed by atoms with Gasteiger partial charge in [0.15, 0.2) is 0 Å². The monoisotopic (exact) mass is 253 g/mol. The molecule has 2 nitrogen and oxygen atoms in total. The van der Waals surface area contributed by atoms with E-state index in [1.165, 1.54) is 17.7 Å². The van der Waals surface area contributed by atoms with Crippen molar-refractivity contribution < 1.29 is 5.11 Å². The Morgan fingerprint density at radius 3 is 1.68 bits per heavy atom. The molecule has 0 bridgehead atoms. The molecule has 19 heavy (non-hydrogen) atoms. The maximum absolute atomic E-state index is 7.81. The first kappa shape index (κ1) is 16.4. The summed E-state index contributed by atoms with van der Waals surface area (Å²) in [6, 6.07) is 15.7. The maximum atomic E-state index is 7.81. The van der Waals surface area contributed by atoms with Gasteiger partial charge in [0.05, 0.1) is 6.26 Å². The summed E-state index contributed by atoms with van der Waals surface area (Å²) >= 11 is 0. The molecule has 0 atom stereocenters. The minimum Gasteiger partial charge on any atom is -0.516 e. The number of pyridine rings is 1. The van der Waals surface area contributed by atoms with Gasteiger partial charge >= 0.3 is 0 Å². The summed E-state index contributed by atoms with van der Waals surface area (Å²) in [7, 11) is 0. The van der Waals surface area contributed by atoms with Crippen molar-refractivity contribution in [3.05, 3.63) is 98.1 Å². The van der Waals surface area contributed by atoms with Crippen molar-refractivity contribution in [1.82, 2.24) is 4.98 Å². The summed E-state index contributed by atoms with van der Waals surface area (Å²) in [6.45, 7) is 6.93. The maximum Gasteiger partial charge on any atom is 0.0791 e. The smallest absolute Gasteiger partial charge is 0.0791 e. The zero-order chi connectivity index (χ0) is 14.2. The molecule has 2 heteroatoms. The van der Waals surface area contributed by atoms with E-state index < -0.39 is 0 Å². The van der Waals surface area contributed by atoms with Crippen LogP contribution in [-0.2, 0) is 0 Å². The molecular weight excluding hydrogens is 234 g/mol. The highest BCUT2D eigenvalue weighted by Crippen LogP contribution is 1.97. The Balaban J connectivity index is 0.000000265. The second-order valence-electron chi connectivity index (χ2n) is 3.22. The SMILES string of the molecule is C=CC=CO.C=Cc1ccccc1.c1ccncc1. The fourth-order valence-electron chi connectivity index (χ4n) is 0.963. The number of nitrogens with zero attached hydrogens (tertiary/aromatic N) is 1. The summed E-state index contributed by atoms with van der Waals surface area (Å²) in [5, 5.41) is 7.81. The fraction of sp³-hybridized carbons (Fsp3) is 0. The van der Waals surface area contributed by atoms with Gasteiger partial charge in [0.25, 0.3) is 0 Å². The largest absolute Gasteiger partial charge is 0.516 e. The Hall–Kier alpha value is -2.61. The van der Waals surface area contributed by atoms with E-state index in [0.717, 1.165) is 6.26 Å². The first-order chi connectivity index (χ1) is 9.35. The van der Waals surface area contributed by atoms with Gasteiger partial charge in [-0.05, 0) is 23.8 Å². The van der Waals surface area contributed by atoms with Gasteiger partial charge in [-0.3, -0.25) is 4.98 Å². The average Bonchev–Trinajstić information content (AvgIpc) is 2.52. The number of allylic oxidation sites excluding steroid dienone is 2. The van der Waals surface area contributed by atoms with Crippen LogP contribution in [0.2, 0.25) is 0 Å². The number of hydrogen-bond acceptors (Lipinski definition) is 2. The highest BCUT2D eigenvalue weighted by molar-refractivity contribution is 5.45. The molecule has 0 aliphatic rings. The molecular formula is C17H19NO. The van der Waals surface area contributed by atoms with Crippen LogP contribution in [-0.4, -0.2) is 10.1 Å². The molecule has 0 aliphatic heterocycles. The standard InChI is InChI=1S/C8H8.C5H5N.C4H6O/c1-2-8-6-4-3-5-7-8;1-2-4-6-5-3-1;1-2-3-4-5/h2-7H,1H2;1-5H;2-5H,1H2. The van der Waals surface area contributed by atoms with Gasteiger partial charge in [-0.25, -0.2) is 0 Å². The van der Waals surface area contributed by atoms with Crippen LogP contribution in [0.1, 0.15) is 5.56 Å². The molecule has 0 unspecified atom stereocenters. The molecule has 1 heterocycles. The number of hydrogen-bond donors (Lipinski definition) is 1. The summed E-state index contributed by atoms with van der Waals surface area (Å²) in [5.41, 5.74) is 1.17. The second kappa shape index (κ2) is 13.5. The van der Waals surface area contributed by atoms with E-state index >= 15 is 0 Å². The third-order valence-electron chi connectivity index (χ3n) is 1.82. The van der Waals surface area contributed by atoms with Crippen LogP contribution in [0, 0.1) is 0 Å². The highest BCUT2D eigenvalue weighted by atomic mass is 16.2. The van der Waals surface area contributed by atoms with Crippen molar-refractivity contribution >= 4 is 6.08 Å². The van der Waals surface area contributed by atoms with E-state index in [-0.39, 0.29) is 0 Å². The number of aromatic nitrogens is 1. The molecule has 0 spiro atoms. The van der Waals surface area contributed by atoms with Gasteiger partial charge in [-0.2, -0.15) is 0 Å². The van der Waals surface area contributed by atoms with Crippen LogP contribution >= 0.6 is 0 Å². The molecule has 2 aromatic rings. The van der Waals surface area contributed by atoms with Crippen LogP contribution in [0.25, 0.3) is 6.08 Å². The van der Waals surface area contributed by atoms with E-state index in [2.05, 4.69) is 18.1 Å². The van der Waals surface area contributed by atoms with Crippen molar-refractivity contribution in [1.29, 1.82) is 0 Å². The van der Waals surface area contributed by atoms with E-state index in [0.29, 0.717) is 0 Å². The van der Waals surface area contributed by atoms with Gasteiger partial charge in [0.2, 0.25) is 0 Å². The van der Waals surface area contributed by atoms with Crippen molar-refractivity contribution in [3.8, 4) is 0 Å². The summed E-state index contributed by atoms with van der Waals surface area (Å²) < 4.78 is 0. The molecule has 98 valence electrons. The third-order valence-corrected chi connectivity index (χ3v) is 1.82. The van der Waals surface area contributed by atoms with Gasteiger partial charge in [-0.15, -0.1) is 0 Å². The van der Waals surface area contributed by atoms with Gasteiger partial charge in [0, 0.05) is 12.4 Å². The number of aliphatic hydroxyl groups excluding tert-OH is 1. The zero-order valence-electron chi connectivity index (χ0n) is 10.9. The number of rotatable bonds is 2. The van der Waals surface area contributed by atoms with Gasteiger partial charge in [-0.1, -0.05) is 61.7 Å².